The molecule has 0 aliphatic carbocycles. The summed E-state index contributed by atoms with van der Waals surface area (Å²) in [4.78, 5) is 0. The van der Waals surface area contributed by atoms with Gasteiger partial charge in [0.25, 0.3) is 0 Å². The first-order chi connectivity index (χ1) is 8.39. The van der Waals surface area contributed by atoms with Crippen molar-refractivity contribution in [3.63, 3.8) is 0 Å². The molecule has 0 bridgehead atoms. The van der Waals surface area contributed by atoms with Crippen molar-refractivity contribution in [3.05, 3.63) is 29.3 Å². The van der Waals surface area contributed by atoms with Gasteiger partial charge in [0.2, 0.25) is 0 Å². The summed E-state index contributed by atoms with van der Waals surface area (Å²) in [5.74, 6) is 1.52. The lowest BCUT2D eigenvalue weighted by Gasteiger charge is -2.39. The van der Waals surface area contributed by atoms with Gasteiger partial charge < -0.3 is 9.84 Å². The van der Waals surface area contributed by atoms with E-state index in [-0.39, 0.29) is 5.60 Å². The summed E-state index contributed by atoms with van der Waals surface area (Å²) in [7, 11) is 0. The predicted octanol–water partition coefficient (Wildman–Crippen LogP) is 4.01. The van der Waals surface area contributed by atoms with Gasteiger partial charge in [0.05, 0.1) is 6.10 Å². The van der Waals surface area contributed by atoms with Gasteiger partial charge in [0.1, 0.15) is 11.4 Å². The highest BCUT2D eigenvalue weighted by Gasteiger charge is 2.36. The maximum absolute atomic E-state index is 10.3. The van der Waals surface area contributed by atoms with E-state index < -0.39 is 6.10 Å². The summed E-state index contributed by atoms with van der Waals surface area (Å²) in [5.41, 5.74) is 1.88. The number of hydrogen-bond donors (Lipinski definition) is 1. The van der Waals surface area contributed by atoms with Crippen LogP contribution in [0.3, 0.4) is 0 Å². The zero-order chi connectivity index (χ0) is 13.3. The molecule has 0 amide bonds. The molecule has 1 aliphatic rings. The van der Waals surface area contributed by atoms with E-state index in [4.69, 9.17) is 4.74 Å². The molecule has 2 atom stereocenters. The third-order valence-corrected chi connectivity index (χ3v) is 3.76. The number of ether oxygens (including phenoxy) is 1. The fourth-order valence-electron chi connectivity index (χ4n) is 2.59. The average Bonchev–Trinajstić information content (AvgIpc) is 2.28. The monoisotopic (exact) mass is 248 g/mol. The summed E-state index contributed by atoms with van der Waals surface area (Å²) in [6, 6.07) is 6.06. The van der Waals surface area contributed by atoms with Crippen LogP contribution in [0.4, 0.5) is 0 Å². The van der Waals surface area contributed by atoms with Gasteiger partial charge in [0, 0.05) is 12.0 Å². The Balaban J connectivity index is 2.19. The van der Waals surface area contributed by atoms with Crippen molar-refractivity contribution in [2.45, 2.75) is 58.7 Å². The van der Waals surface area contributed by atoms with E-state index >= 15 is 0 Å². The summed E-state index contributed by atoms with van der Waals surface area (Å²) < 4.78 is 6.14. The highest BCUT2D eigenvalue weighted by atomic mass is 16.5. The van der Waals surface area contributed by atoms with Crippen LogP contribution in [0.25, 0.3) is 0 Å². The minimum Gasteiger partial charge on any atom is -0.487 e. The number of aryl methyl sites for hydroxylation is 1. The van der Waals surface area contributed by atoms with E-state index in [1.165, 1.54) is 5.56 Å². The van der Waals surface area contributed by atoms with Crippen molar-refractivity contribution >= 4 is 0 Å². The molecule has 1 aromatic carbocycles. The van der Waals surface area contributed by atoms with Gasteiger partial charge in [-0.3, -0.25) is 0 Å². The quantitative estimate of drug-likeness (QED) is 0.876. The molecule has 1 heterocycles. The van der Waals surface area contributed by atoms with E-state index in [1.54, 1.807) is 0 Å². The largest absolute Gasteiger partial charge is 0.487 e. The van der Waals surface area contributed by atoms with Crippen molar-refractivity contribution in [2.24, 2.45) is 5.92 Å². The number of aliphatic hydroxyl groups is 1. The molecule has 2 nitrogen and oxygen atoms in total. The molecule has 0 fully saturated rings. The Kier molecular flexibility index (Phi) is 3.67. The Morgan fingerprint density at radius 1 is 1.44 bits per heavy atom. The standard InChI is InChI=1S/C16H24O2/c1-11(2)7-8-16(4)10-14(17)13-9-12(3)5-6-15(13)18-16/h5-6,9,11,14,17H,7-8,10H2,1-4H3/t14-,16?/m0/s1. The van der Waals surface area contributed by atoms with Gasteiger partial charge in [-0.25, -0.2) is 0 Å². The fourth-order valence-corrected chi connectivity index (χ4v) is 2.59. The van der Waals surface area contributed by atoms with Crippen LogP contribution in [0.15, 0.2) is 18.2 Å². The maximum Gasteiger partial charge on any atom is 0.125 e. The summed E-state index contributed by atoms with van der Waals surface area (Å²) in [6.45, 7) is 8.60. The maximum atomic E-state index is 10.3. The molecule has 0 spiro atoms. The van der Waals surface area contributed by atoms with E-state index in [9.17, 15) is 5.11 Å². The second-order valence-corrected chi connectivity index (χ2v) is 6.25. The molecule has 1 N–H and O–H groups in total. The van der Waals surface area contributed by atoms with Gasteiger partial charge in [-0.2, -0.15) is 0 Å². The van der Waals surface area contributed by atoms with E-state index in [0.717, 1.165) is 24.2 Å². The van der Waals surface area contributed by atoms with Gasteiger partial charge in [-0.15, -0.1) is 0 Å². The molecule has 0 saturated heterocycles. The molecule has 2 heteroatoms. The minimum atomic E-state index is -0.397. The van der Waals surface area contributed by atoms with Crippen molar-refractivity contribution in [2.75, 3.05) is 0 Å². The molecule has 0 radical (unpaired) electrons. The fraction of sp³-hybridized carbons (Fsp3) is 0.625. The third kappa shape index (κ3) is 2.86. The number of rotatable bonds is 3. The van der Waals surface area contributed by atoms with Crippen molar-refractivity contribution in [1.29, 1.82) is 0 Å². The van der Waals surface area contributed by atoms with Crippen LogP contribution in [-0.2, 0) is 0 Å². The lowest BCUT2D eigenvalue weighted by atomic mass is 9.85. The first-order valence-electron chi connectivity index (χ1n) is 6.87. The van der Waals surface area contributed by atoms with E-state index in [1.807, 2.05) is 25.1 Å². The second kappa shape index (κ2) is 4.93. The number of fused-ring (bicyclic) bond motifs is 1. The normalized spacial score (nSPS) is 26.9. The topological polar surface area (TPSA) is 29.5 Å². The van der Waals surface area contributed by atoms with Gasteiger partial charge in [-0.05, 0) is 44.7 Å². The van der Waals surface area contributed by atoms with Crippen LogP contribution in [0, 0.1) is 12.8 Å². The Hall–Kier alpha value is -1.02. The van der Waals surface area contributed by atoms with Crippen LogP contribution in [-0.4, -0.2) is 10.7 Å². The number of hydrogen-bond acceptors (Lipinski definition) is 2. The Bertz CT molecular complexity index is 425. The Morgan fingerprint density at radius 3 is 2.83 bits per heavy atom. The van der Waals surface area contributed by atoms with Crippen LogP contribution >= 0.6 is 0 Å². The molecule has 18 heavy (non-hydrogen) atoms. The SMILES string of the molecule is Cc1ccc2c(c1)[C@@H](O)CC(C)(CCC(C)C)O2. The zero-order valence-corrected chi connectivity index (χ0v) is 11.9. The van der Waals surface area contributed by atoms with E-state index in [2.05, 4.69) is 20.8 Å². The van der Waals surface area contributed by atoms with Crippen molar-refractivity contribution in [1.82, 2.24) is 0 Å². The van der Waals surface area contributed by atoms with Crippen LogP contribution in [0.2, 0.25) is 0 Å². The van der Waals surface area contributed by atoms with Crippen LogP contribution in [0.5, 0.6) is 5.75 Å². The summed E-state index contributed by atoms with van der Waals surface area (Å²) in [5, 5.41) is 10.3. The minimum absolute atomic E-state index is 0.230. The molecular formula is C16H24O2. The van der Waals surface area contributed by atoms with Gasteiger partial charge >= 0.3 is 0 Å². The molecule has 100 valence electrons. The first-order valence-corrected chi connectivity index (χ1v) is 6.87. The molecule has 1 aromatic rings. The lowest BCUT2D eigenvalue weighted by molar-refractivity contribution is -0.0101. The molecule has 1 unspecified atom stereocenters. The molecule has 0 saturated carbocycles. The first kappa shape index (κ1) is 13.4. The Labute approximate surface area is 110 Å². The predicted molar refractivity (Wildman–Crippen MR) is 73.9 cm³/mol. The number of benzene rings is 1. The second-order valence-electron chi connectivity index (χ2n) is 6.25. The van der Waals surface area contributed by atoms with Crippen LogP contribution in [0.1, 0.15) is 57.3 Å². The van der Waals surface area contributed by atoms with Crippen LogP contribution < -0.4 is 4.74 Å². The highest BCUT2D eigenvalue weighted by molar-refractivity contribution is 5.40. The lowest BCUT2D eigenvalue weighted by Crippen LogP contribution is -2.38. The number of aliphatic hydroxyl groups excluding tert-OH is 1. The van der Waals surface area contributed by atoms with Gasteiger partial charge in [-0.1, -0.05) is 25.5 Å². The van der Waals surface area contributed by atoms with E-state index in [0.29, 0.717) is 12.3 Å². The average molecular weight is 248 g/mol. The summed E-state index contributed by atoms with van der Waals surface area (Å²) in [6.07, 6.45) is 2.42. The molecule has 2 rings (SSSR count). The van der Waals surface area contributed by atoms with Crippen molar-refractivity contribution in [3.8, 4) is 5.75 Å². The Morgan fingerprint density at radius 2 is 2.17 bits per heavy atom. The molecule has 1 aliphatic heterocycles. The smallest absolute Gasteiger partial charge is 0.125 e. The van der Waals surface area contributed by atoms with Crippen molar-refractivity contribution < 1.29 is 9.84 Å². The molecule has 0 aromatic heterocycles. The highest BCUT2D eigenvalue weighted by Crippen LogP contribution is 2.42. The zero-order valence-electron chi connectivity index (χ0n) is 11.9. The third-order valence-electron chi connectivity index (χ3n) is 3.76. The van der Waals surface area contributed by atoms with Gasteiger partial charge in [0.15, 0.2) is 0 Å². The molecular weight excluding hydrogens is 224 g/mol. The summed E-state index contributed by atoms with van der Waals surface area (Å²) >= 11 is 0.